The Hall–Kier alpha value is -2.34. The predicted octanol–water partition coefficient (Wildman–Crippen LogP) is 3.45. The molecule has 0 saturated heterocycles. The first-order chi connectivity index (χ1) is 12.2. The Labute approximate surface area is 156 Å². The number of amides is 1. The normalized spacial score (nSPS) is 11.4. The summed E-state index contributed by atoms with van der Waals surface area (Å²) < 4.78 is 27.6. The van der Waals surface area contributed by atoms with E-state index in [2.05, 4.69) is 0 Å². The zero-order valence-electron chi connectivity index (χ0n) is 15.7. The van der Waals surface area contributed by atoms with Gasteiger partial charge in [0.05, 0.1) is 10.6 Å². The van der Waals surface area contributed by atoms with E-state index in [9.17, 15) is 13.2 Å². The third-order valence-corrected chi connectivity index (χ3v) is 6.19. The molecule has 0 aliphatic heterocycles. The molecule has 0 aromatic heterocycles. The molecule has 26 heavy (non-hydrogen) atoms. The lowest BCUT2D eigenvalue weighted by Gasteiger charge is -2.27. The quantitative estimate of drug-likeness (QED) is 0.746. The third kappa shape index (κ3) is 4.64. The van der Waals surface area contributed by atoms with Crippen molar-refractivity contribution in [1.29, 1.82) is 0 Å². The largest absolute Gasteiger partial charge is 0.343 e. The number of rotatable bonds is 7. The van der Waals surface area contributed by atoms with Crippen LogP contribution in [0.15, 0.2) is 59.5 Å². The topological polar surface area (TPSA) is 57.7 Å². The van der Waals surface area contributed by atoms with Gasteiger partial charge in [0.2, 0.25) is 5.91 Å². The molecule has 0 fully saturated rings. The standard InChI is InChI=1S/C20H26N2O3S/c1-16(2)21(4)20(23)14-15-22(18-8-6-5-7-9-18)26(24,25)19-12-10-17(3)11-13-19/h5-13,16H,14-15H2,1-4H3. The molecule has 5 nitrogen and oxygen atoms in total. The van der Waals surface area contributed by atoms with Gasteiger partial charge in [0.15, 0.2) is 0 Å². The molecular weight excluding hydrogens is 348 g/mol. The Morgan fingerprint density at radius 3 is 2.12 bits per heavy atom. The van der Waals surface area contributed by atoms with Crippen LogP contribution in [0.25, 0.3) is 0 Å². The van der Waals surface area contributed by atoms with Gasteiger partial charge in [-0.1, -0.05) is 35.9 Å². The number of anilines is 1. The summed E-state index contributed by atoms with van der Waals surface area (Å²) in [5.41, 5.74) is 1.54. The summed E-state index contributed by atoms with van der Waals surface area (Å²) in [6, 6.07) is 15.7. The fourth-order valence-corrected chi connectivity index (χ4v) is 3.95. The van der Waals surface area contributed by atoms with Crippen molar-refractivity contribution in [1.82, 2.24) is 4.90 Å². The number of nitrogens with zero attached hydrogens (tertiary/aromatic N) is 2. The van der Waals surface area contributed by atoms with Crippen LogP contribution in [0, 0.1) is 6.92 Å². The summed E-state index contributed by atoms with van der Waals surface area (Å²) in [6.07, 6.45) is 0.120. The number of benzene rings is 2. The second-order valence-electron chi connectivity index (χ2n) is 6.57. The molecule has 0 bridgehead atoms. The monoisotopic (exact) mass is 374 g/mol. The molecule has 2 aromatic carbocycles. The molecule has 6 heteroatoms. The first-order valence-corrected chi connectivity index (χ1v) is 10.1. The fourth-order valence-electron chi connectivity index (χ4n) is 2.48. The van der Waals surface area contributed by atoms with Gasteiger partial charge in [-0.15, -0.1) is 0 Å². The second-order valence-corrected chi connectivity index (χ2v) is 8.44. The summed E-state index contributed by atoms with van der Waals surface area (Å²) in [5.74, 6) is -0.0833. The maximum Gasteiger partial charge on any atom is 0.264 e. The molecule has 0 saturated carbocycles. The van der Waals surface area contributed by atoms with Crippen LogP contribution in [0.2, 0.25) is 0 Å². The van der Waals surface area contributed by atoms with Crippen molar-refractivity contribution in [3.8, 4) is 0 Å². The lowest BCUT2D eigenvalue weighted by Crippen LogP contribution is -2.38. The van der Waals surface area contributed by atoms with E-state index in [0.29, 0.717) is 5.69 Å². The van der Waals surface area contributed by atoms with Gasteiger partial charge in [0.25, 0.3) is 10.0 Å². The maximum absolute atomic E-state index is 13.2. The highest BCUT2D eigenvalue weighted by Gasteiger charge is 2.26. The van der Waals surface area contributed by atoms with Crippen molar-refractivity contribution in [2.45, 2.75) is 38.1 Å². The highest BCUT2D eigenvalue weighted by molar-refractivity contribution is 7.92. The van der Waals surface area contributed by atoms with Crippen LogP contribution in [0.5, 0.6) is 0 Å². The van der Waals surface area contributed by atoms with Crippen LogP contribution in [0.1, 0.15) is 25.8 Å². The predicted molar refractivity (Wildman–Crippen MR) is 105 cm³/mol. The minimum atomic E-state index is -3.75. The first kappa shape index (κ1) is 20.0. The molecule has 0 aliphatic carbocycles. The van der Waals surface area contributed by atoms with E-state index in [1.54, 1.807) is 60.5 Å². The summed E-state index contributed by atoms with van der Waals surface area (Å²) in [6.45, 7) is 5.85. The molecule has 140 valence electrons. The molecular formula is C20H26N2O3S. The average molecular weight is 375 g/mol. The molecule has 0 radical (unpaired) electrons. The highest BCUT2D eigenvalue weighted by atomic mass is 32.2. The fraction of sp³-hybridized carbons (Fsp3) is 0.350. The van der Waals surface area contributed by atoms with E-state index in [1.807, 2.05) is 26.8 Å². The zero-order chi connectivity index (χ0) is 19.3. The minimum absolute atomic E-state index is 0.0707. The molecule has 2 rings (SSSR count). The van der Waals surface area contributed by atoms with Gasteiger partial charge < -0.3 is 4.90 Å². The van der Waals surface area contributed by atoms with Gasteiger partial charge in [-0.3, -0.25) is 9.10 Å². The molecule has 1 amide bonds. The van der Waals surface area contributed by atoms with Gasteiger partial charge in [-0.2, -0.15) is 0 Å². The third-order valence-electron chi connectivity index (χ3n) is 4.35. The first-order valence-electron chi connectivity index (χ1n) is 8.63. The maximum atomic E-state index is 13.2. The number of carbonyl (C=O) groups excluding carboxylic acids is 1. The van der Waals surface area contributed by atoms with Gasteiger partial charge in [0, 0.05) is 26.1 Å². The Morgan fingerprint density at radius 1 is 1.00 bits per heavy atom. The Bertz CT molecular complexity index is 831. The number of hydrogen-bond acceptors (Lipinski definition) is 3. The summed E-state index contributed by atoms with van der Waals surface area (Å²) in [5, 5.41) is 0. The van der Waals surface area contributed by atoms with Crippen molar-refractivity contribution >= 4 is 21.6 Å². The Kier molecular flexibility index (Phi) is 6.42. The van der Waals surface area contributed by atoms with Gasteiger partial charge in [-0.05, 0) is 45.0 Å². The van der Waals surface area contributed by atoms with Crippen LogP contribution in [0.4, 0.5) is 5.69 Å². The lowest BCUT2D eigenvalue weighted by molar-refractivity contribution is -0.131. The molecule has 0 aliphatic rings. The molecule has 0 unspecified atom stereocenters. The van der Waals surface area contributed by atoms with E-state index < -0.39 is 10.0 Å². The molecule has 0 atom stereocenters. The number of hydrogen-bond donors (Lipinski definition) is 0. The molecule has 0 heterocycles. The van der Waals surface area contributed by atoms with E-state index in [0.717, 1.165) is 5.56 Å². The van der Waals surface area contributed by atoms with Crippen molar-refractivity contribution < 1.29 is 13.2 Å². The van der Waals surface area contributed by atoms with E-state index >= 15 is 0 Å². The van der Waals surface area contributed by atoms with Crippen LogP contribution in [-0.4, -0.2) is 38.9 Å². The van der Waals surface area contributed by atoms with E-state index in [4.69, 9.17) is 0 Å². The van der Waals surface area contributed by atoms with Crippen molar-refractivity contribution in [2.75, 3.05) is 17.9 Å². The summed E-state index contributed by atoms with van der Waals surface area (Å²) >= 11 is 0. The lowest BCUT2D eigenvalue weighted by atomic mass is 10.2. The summed E-state index contributed by atoms with van der Waals surface area (Å²) in [7, 11) is -2.02. The summed E-state index contributed by atoms with van der Waals surface area (Å²) in [4.78, 5) is 14.2. The van der Waals surface area contributed by atoms with Crippen LogP contribution in [0.3, 0.4) is 0 Å². The van der Waals surface area contributed by atoms with Crippen LogP contribution >= 0.6 is 0 Å². The van der Waals surface area contributed by atoms with Gasteiger partial charge >= 0.3 is 0 Å². The SMILES string of the molecule is Cc1ccc(S(=O)(=O)N(CCC(=O)N(C)C(C)C)c2ccccc2)cc1. The molecule has 0 spiro atoms. The second kappa shape index (κ2) is 8.36. The Balaban J connectivity index is 2.33. The highest BCUT2D eigenvalue weighted by Crippen LogP contribution is 2.24. The van der Waals surface area contributed by atoms with Crippen molar-refractivity contribution in [3.63, 3.8) is 0 Å². The minimum Gasteiger partial charge on any atom is -0.343 e. The van der Waals surface area contributed by atoms with E-state index in [1.165, 1.54) is 4.31 Å². The molecule has 2 aromatic rings. The Morgan fingerprint density at radius 2 is 1.58 bits per heavy atom. The van der Waals surface area contributed by atoms with Crippen molar-refractivity contribution in [2.24, 2.45) is 0 Å². The van der Waals surface area contributed by atoms with Gasteiger partial charge in [0.1, 0.15) is 0 Å². The number of para-hydroxylation sites is 1. The van der Waals surface area contributed by atoms with Crippen LogP contribution in [-0.2, 0) is 14.8 Å². The number of aryl methyl sites for hydroxylation is 1. The molecule has 0 N–H and O–H groups in total. The van der Waals surface area contributed by atoms with E-state index in [-0.39, 0.29) is 29.8 Å². The van der Waals surface area contributed by atoms with Gasteiger partial charge in [-0.25, -0.2) is 8.42 Å². The zero-order valence-corrected chi connectivity index (χ0v) is 16.5. The van der Waals surface area contributed by atoms with Crippen LogP contribution < -0.4 is 4.31 Å². The smallest absolute Gasteiger partial charge is 0.264 e. The number of carbonyl (C=O) groups is 1. The average Bonchev–Trinajstić information content (AvgIpc) is 2.62. The number of sulfonamides is 1. The van der Waals surface area contributed by atoms with Crippen molar-refractivity contribution in [3.05, 3.63) is 60.2 Å².